The van der Waals surface area contributed by atoms with Crippen molar-refractivity contribution in [1.82, 2.24) is 0 Å². The zero-order valence-electron chi connectivity index (χ0n) is 11.1. The van der Waals surface area contributed by atoms with Crippen molar-refractivity contribution in [2.75, 3.05) is 6.54 Å². The Balaban J connectivity index is 2.46. The summed E-state index contributed by atoms with van der Waals surface area (Å²) >= 11 is 0. The number of aromatic hydroxyl groups is 2. The predicted octanol–water partition coefficient (Wildman–Crippen LogP) is 2.08. The third kappa shape index (κ3) is 2.18. The van der Waals surface area contributed by atoms with Crippen LogP contribution in [0, 0.1) is 5.41 Å². The van der Waals surface area contributed by atoms with Gasteiger partial charge in [-0.15, -0.1) is 0 Å². The summed E-state index contributed by atoms with van der Waals surface area (Å²) in [5.41, 5.74) is 7.35. The largest absolute Gasteiger partial charge is 0.504 e. The fourth-order valence-corrected chi connectivity index (χ4v) is 2.35. The molecular weight excluding hydrogens is 230 g/mol. The summed E-state index contributed by atoms with van der Waals surface area (Å²) in [5.74, 6) is -0.123. The van der Waals surface area contributed by atoms with Crippen LogP contribution in [0.1, 0.15) is 38.0 Å². The van der Waals surface area contributed by atoms with Crippen LogP contribution in [-0.4, -0.2) is 22.9 Å². The summed E-state index contributed by atoms with van der Waals surface area (Å²) < 4.78 is 6.00. The van der Waals surface area contributed by atoms with Gasteiger partial charge in [-0.1, -0.05) is 26.8 Å². The van der Waals surface area contributed by atoms with Crippen LogP contribution in [0.2, 0.25) is 0 Å². The molecule has 2 atom stereocenters. The molecule has 4 N–H and O–H groups in total. The number of phenolic OH excluding ortho intramolecular Hbond substituents is 2. The number of hydrogen-bond acceptors (Lipinski definition) is 4. The van der Waals surface area contributed by atoms with Crippen molar-refractivity contribution >= 4 is 0 Å². The monoisotopic (exact) mass is 251 g/mol. The third-order valence-electron chi connectivity index (χ3n) is 3.54. The van der Waals surface area contributed by atoms with E-state index >= 15 is 0 Å². The van der Waals surface area contributed by atoms with Crippen molar-refractivity contribution in [3.8, 4) is 11.5 Å². The fraction of sp³-hybridized carbons (Fsp3) is 0.571. The highest BCUT2D eigenvalue weighted by Gasteiger charge is 2.35. The minimum Gasteiger partial charge on any atom is -0.504 e. The predicted molar refractivity (Wildman–Crippen MR) is 69.6 cm³/mol. The smallest absolute Gasteiger partial charge is 0.161 e. The van der Waals surface area contributed by atoms with Crippen molar-refractivity contribution in [2.45, 2.75) is 39.4 Å². The second-order valence-corrected chi connectivity index (χ2v) is 5.92. The van der Waals surface area contributed by atoms with E-state index in [4.69, 9.17) is 10.5 Å². The van der Waals surface area contributed by atoms with E-state index < -0.39 is 0 Å². The van der Waals surface area contributed by atoms with Gasteiger partial charge in [0.25, 0.3) is 0 Å². The van der Waals surface area contributed by atoms with Crippen LogP contribution in [0.4, 0.5) is 0 Å². The molecular formula is C14H21NO3. The van der Waals surface area contributed by atoms with E-state index in [0.29, 0.717) is 13.0 Å². The zero-order chi connectivity index (χ0) is 13.5. The first-order valence-electron chi connectivity index (χ1n) is 6.23. The summed E-state index contributed by atoms with van der Waals surface area (Å²) in [6, 6.07) is 3.26. The minimum absolute atomic E-state index is 0.0220. The van der Waals surface area contributed by atoms with Crippen molar-refractivity contribution in [3.63, 3.8) is 0 Å². The SMILES string of the molecule is CC(C)(C)[C@H]1Cc2c(ccc(O)c2O)[C@@H](CN)O1. The Hall–Kier alpha value is -1.26. The van der Waals surface area contributed by atoms with Crippen molar-refractivity contribution in [2.24, 2.45) is 11.1 Å². The molecule has 0 fully saturated rings. The first-order valence-corrected chi connectivity index (χ1v) is 6.23. The van der Waals surface area contributed by atoms with Crippen LogP contribution in [0.15, 0.2) is 12.1 Å². The number of nitrogens with two attached hydrogens (primary N) is 1. The fourth-order valence-electron chi connectivity index (χ4n) is 2.35. The molecule has 0 amide bonds. The second kappa shape index (κ2) is 4.44. The third-order valence-corrected chi connectivity index (χ3v) is 3.54. The normalized spacial score (nSPS) is 23.8. The quantitative estimate of drug-likeness (QED) is 0.668. The summed E-state index contributed by atoms with van der Waals surface area (Å²) in [6.45, 7) is 6.64. The maximum absolute atomic E-state index is 9.99. The van der Waals surface area contributed by atoms with Crippen molar-refractivity contribution < 1.29 is 14.9 Å². The van der Waals surface area contributed by atoms with Gasteiger partial charge in [0.1, 0.15) is 0 Å². The molecule has 0 aliphatic carbocycles. The Morgan fingerprint density at radius 3 is 2.56 bits per heavy atom. The number of phenols is 2. The molecule has 1 aromatic rings. The molecule has 2 rings (SSSR count). The maximum Gasteiger partial charge on any atom is 0.161 e. The zero-order valence-corrected chi connectivity index (χ0v) is 11.1. The Morgan fingerprint density at radius 2 is 2.00 bits per heavy atom. The molecule has 0 saturated heterocycles. The highest BCUT2D eigenvalue weighted by Crippen LogP contribution is 2.43. The molecule has 0 aromatic heterocycles. The molecule has 0 unspecified atom stereocenters. The molecule has 100 valence electrons. The van der Waals surface area contributed by atoms with Crippen LogP contribution in [0.5, 0.6) is 11.5 Å². The van der Waals surface area contributed by atoms with Crippen LogP contribution < -0.4 is 5.73 Å². The highest BCUT2D eigenvalue weighted by molar-refractivity contribution is 5.51. The van der Waals surface area contributed by atoms with Gasteiger partial charge in [-0.25, -0.2) is 0 Å². The summed E-state index contributed by atoms with van der Waals surface area (Å²) in [7, 11) is 0. The van der Waals surface area contributed by atoms with E-state index in [0.717, 1.165) is 11.1 Å². The summed E-state index contributed by atoms with van der Waals surface area (Å²) in [5, 5.41) is 19.6. The van der Waals surface area contributed by atoms with Crippen LogP contribution >= 0.6 is 0 Å². The molecule has 1 aliphatic rings. The molecule has 1 aromatic carbocycles. The van der Waals surface area contributed by atoms with Gasteiger partial charge < -0.3 is 20.7 Å². The van der Waals surface area contributed by atoms with Gasteiger partial charge in [-0.3, -0.25) is 0 Å². The van der Waals surface area contributed by atoms with E-state index in [9.17, 15) is 10.2 Å². The van der Waals surface area contributed by atoms with E-state index in [-0.39, 0.29) is 29.1 Å². The topological polar surface area (TPSA) is 75.7 Å². The Kier molecular flexibility index (Phi) is 3.25. The number of fused-ring (bicyclic) bond motifs is 1. The van der Waals surface area contributed by atoms with Crippen LogP contribution in [0.3, 0.4) is 0 Å². The molecule has 0 bridgehead atoms. The van der Waals surface area contributed by atoms with Gasteiger partial charge in [0.2, 0.25) is 0 Å². The highest BCUT2D eigenvalue weighted by atomic mass is 16.5. The summed E-state index contributed by atoms with van der Waals surface area (Å²) in [6.07, 6.45) is 0.353. The number of hydrogen-bond donors (Lipinski definition) is 3. The van der Waals surface area contributed by atoms with Gasteiger partial charge in [-0.05, 0) is 17.0 Å². The number of ether oxygens (including phenoxy) is 1. The number of benzene rings is 1. The molecule has 0 radical (unpaired) electrons. The molecule has 1 heterocycles. The average Bonchev–Trinajstić information content (AvgIpc) is 2.31. The van der Waals surface area contributed by atoms with Gasteiger partial charge >= 0.3 is 0 Å². The van der Waals surface area contributed by atoms with E-state index in [1.165, 1.54) is 6.07 Å². The van der Waals surface area contributed by atoms with Gasteiger partial charge in [-0.2, -0.15) is 0 Å². The van der Waals surface area contributed by atoms with E-state index in [1.54, 1.807) is 6.07 Å². The van der Waals surface area contributed by atoms with Crippen LogP contribution in [0.25, 0.3) is 0 Å². The van der Waals surface area contributed by atoms with Gasteiger partial charge in [0.05, 0.1) is 12.2 Å². The van der Waals surface area contributed by atoms with Crippen LogP contribution in [-0.2, 0) is 11.2 Å². The first kappa shape index (κ1) is 13.2. The van der Waals surface area contributed by atoms with Crippen molar-refractivity contribution in [3.05, 3.63) is 23.3 Å². The summed E-state index contributed by atoms with van der Waals surface area (Å²) in [4.78, 5) is 0. The number of rotatable bonds is 1. The maximum atomic E-state index is 9.99. The van der Waals surface area contributed by atoms with Gasteiger partial charge in [0, 0.05) is 18.5 Å². The lowest BCUT2D eigenvalue weighted by atomic mass is 9.81. The van der Waals surface area contributed by atoms with Crippen molar-refractivity contribution in [1.29, 1.82) is 0 Å². The standard InChI is InChI=1S/C14H21NO3/c1-14(2,3)12-6-9-8(11(7-15)18-12)4-5-10(16)13(9)17/h4-5,11-12,16-17H,6-7,15H2,1-3H3/t11-,12-/m1/s1. The lowest BCUT2D eigenvalue weighted by molar-refractivity contribution is -0.0747. The molecule has 0 spiro atoms. The average molecular weight is 251 g/mol. The second-order valence-electron chi connectivity index (χ2n) is 5.92. The Bertz CT molecular complexity index is 451. The molecule has 0 saturated carbocycles. The minimum atomic E-state index is -0.218. The molecule has 4 nitrogen and oxygen atoms in total. The Morgan fingerprint density at radius 1 is 1.33 bits per heavy atom. The molecule has 4 heteroatoms. The Labute approximate surface area is 107 Å². The van der Waals surface area contributed by atoms with E-state index in [1.807, 2.05) is 0 Å². The lowest BCUT2D eigenvalue weighted by Gasteiger charge is -2.39. The molecule has 1 aliphatic heterocycles. The van der Waals surface area contributed by atoms with E-state index in [2.05, 4.69) is 20.8 Å². The first-order chi connectivity index (χ1) is 8.34. The van der Waals surface area contributed by atoms with Gasteiger partial charge in [0.15, 0.2) is 11.5 Å². The molecule has 18 heavy (non-hydrogen) atoms. The lowest BCUT2D eigenvalue weighted by Crippen LogP contribution is -2.38.